The molecule has 1 nitrogen and oxygen atoms in total. The van der Waals surface area contributed by atoms with Gasteiger partial charge < -0.3 is 5.11 Å². The molecule has 0 heterocycles. The monoisotopic (exact) mass is 278 g/mol. The van der Waals surface area contributed by atoms with E-state index in [1.807, 2.05) is 0 Å². The molecule has 108 valence electrons. The van der Waals surface area contributed by atoms with Crippen molar-refractivity contribution in [3.8, 4) is 0 Å². The summed E-state index contributed by atoms with van der Waals surface area (Å²) in [7, 11) is 0. The van der Waals surface area contributed by atoms with Crippen LogP contribution < -0.4 is 0 Å². The molecule has 1 aliphatic rings. The first-order valence-corrected chi connectivity index (χ1v) is 5.74. The molecule has 0 aromatic heterocycles. The Morgan fingerprint density at radius 3 is 1.67 bits per heavy atom. The first-order valence-electron chi connectivity index (χ1n) is 5.74. The molecule has 0 aliphatic heterocycles. The molecule has 0 aromatic rings. The number of hydrogen-bond acceptors (Lipinski definition) is 1. The normalized spacial score (nSPS) is 30.8. The molecule has 0 aromatic carbocycles. The van der Waals surface area contributed by atoms with E-state index in [1.54, 1.807) is 13.8 Å². The fraction of sp³-hybridized carbons (Fsp3) is 1.00. The quantitative estimate of drug-likeness (QED) is 0.759. The van der Waals surface area contributed by atoms with Gasteiger partial charge in [-0.2, -0.15) is 26.3 Å². The minimum absolute atomic E-state index is 0.0933. The van der Waals surface area contributed by atoms with Crippen LogP contribution in [0, 0.1) is 17.8 Å². The average molecular weight is 278 g/mol. The third kappa shape index (κ3) is 2.75. The van der Waals surface area contributed by atoms with Crippen LogP contribution in [0.1, 0.15) is 33.1 Å². The van der Waals surface area contributed by atoms with Crippen LogP contribution in [-0.4, -0.2) is 23.1 Å². The number of alkyl halides is 6. The van der Waals surface area contributed by atoms with E-state index in [9.17, 15) is 26.3 Å². The zero-order valence-corrected chi connectivity index (χ0v) is 10.1. The lowest BCUT2D eigenvalue weighted by atomic mass is 9.84. The van der Waals surface area contributed by atoms with Gasteiger partial charge in [0.05, 0.1) is 0 Å². The Bertz CT molecular complexity index is 281. The van der Waals surface area contributed by atoms with Crippen LogP contribution >= 0.6 is 0 Å². The molecule has 1 aliphatic carbocycles. The second-order valence-corrected chi connectivity index (χ2v) is 5.37. The maximum absolute atomic E-state index is 12.5. The maximum atomic E-state index is 12.5. The van der Waals surface area contributed by atoms with E-state index in [4.69, 9.17) is 5.11 Å². The van der Waals surface area contributed by atoms with Crippen molar-refractivity contribution >= 4 is 0 Å². The van der Waals surface area contributed by atoms with E-state index in [1.165, 1.54) is 0 Å². The standard InChI is InChI=1S/C11H16F6O/c1-6-3-7(2)8(4-6)5-9(18,10(12,13)14)11(15,16)17/h6-8,18H,3-5H2,1-2H3/t6-,7?,8?/m0/s1. The highest BCUT2D eigenvalue weighted by molar-refractivity contribution is 4.97. The lowest BCUT2D eigenvalue weighted by Crippen LogP contribution is -2.57. The van der Waals surface area contributed by atoms with Crippen LogP contribution in [0.3, 0.4) is 0 Å². The molecule has 7 heteroatoms. The summed E-state index contributed by atoms with van der Waals surface area (Å²) in [6.45, 7) is 3.41. The van der Waals surface area contributed by atoms with E-state index >= 15 is 0 Å². The topological polar surface area (TPSA) is 20.2 Å². The molecule has 1 rings (SSSR count). The van der Waals surface area contributed by atoms with Crippen LogP contribution in [0.5, 0.6) is 0 Å². The molecular formula is C11H16F6O. The van der Waals surface area contributed by atoms with Gasteiger partial charge in [-0.05, 0) is 37.0 Å². The molecule has 0 spiro atoms. The summed E-state index contributed by atoms with van der Waals surface area (Å²) in [5, 5.41) is 9.10. The zero-order chi connectivity index (χ0) is 14.4. The fourth-order valence-electron chi connectivity index (χ4n) is 2.73. The molecular weight excluding hydrogens is 262 g/mol. The molecule has 18 heavy (non-hydrogen) atoms. The number of hydrogen-bond donors (Lipinski definition) is 1. The Labute approximate surface area is 101 Å². The highest BCUT2D eigenvalue weighted by atomic mass is 19.4. The molecule has 1 saturated carbocycles. The average Bonchev–Trinajstić information content (AvgIpc) is 2.41. The van der Waals surface area contributed by atoms with Crippen molar-refractivity contribution in [1.29, 1.82) is 0 Å². The van der Waals surface area contributed by atoms with Gasteiger partial charge >= 0.3 is 12.4 Å². The molecule has 2 unspecified atom stereocenters. The summed E-state index contributed by atoms with van der Waals surface area (Å²) < 4.78 is 75.0. The van der Waals surface area contributed by atoms with Crippen LogP contribution in [0.4, 0.5) is 26.3 Å². The summed E-state index contributed by atoms with van der Waals surface area (Å²) in [6, 6.07) is 0. The van der Waals surface area contributed by atoms with E-state index in [0.29, 0.717) is 6.42 Å². The third-order valence-electron chi connectivity index (χ3n) is 3.78. The summed E-state index contributed by atoms with van der Waals surface area (Å²) in [5.41, 5.74) is -4.59. The van der Waals surface area contributed by atoms with Gasteiger partial charge in [0.15, 0.2) is 0 Å². The lowest BCUT2D eigenvalue weighted by molar-refractivity contribution is -0.373. The van der Waals surface area contributed by atoms with E-state index in [0.717, 1.165) is 0 Å². The number of halogens is 6. The third-order valence-corrected chi connectivity index (χ3v) is 3.78. The van der Waals surface area contributed by atoms with Crippen LogP contribution in [-0.2, 0) is 0 Å². The molecule has 0 radical (unpaired) electrons. The Morgan fingerprint density at radius 2 is 1.39 bits per heavy atom. The second kappa shape index (κ2) is 4.58. The van der Waals surface area contributed by atoms with Gasteiger partial charge in [-0.15, -0.1) is 0 Å². The van der Waals surface area contributed by atoms with E-state index < -0.39 is 30.3 Å². The van der Waals surface area contributed by atoms with Crippen LogP contribution in [0.2, 0.25) is 0 Å². The van der Waals surface area contributed by atoms with Crippen molar-refractivity contribution in [3.63, 3.8) is 0 Å². The highest BCUT2D eigenvalue weighted by Crippen LogP contribution is 2.50. The number of rotatable bonds is 2. The van der Waals surface area contributed by atoms with Crippen molar-refractivity contribution < 1.29 is 31.4 Å². The van der Waals surface area contributed by atoms with Crippen molar-refractivity contribution in [2.75, 3.05) is 0 Å². The largest absolute Gasteiger partial charge is 0.426 e. The maximum Gasteiger partial charge on any atom is 0.426 e. The first-order chi connectivity index (χ1) is 7.88. The smallest absolute Gasteiger partial charge is 0.374 e. The van der Waals surface area contributed by atoms with Crippen molar-refractivity contribution in [1.82, 2.24) is 0 Å². The summed E-state index contributed by atoms with van der Waals surface area (Å²) in [6.07, 6.45) is -11.8. The Kier molecular flexibility index (Phi) is 3.97. The van der Waals surface area contributed by atoms with Crippen molar-refractivity contribution in [2.24, 2.45) is 17.8 Å². The van der Waals surface area contributed by atoms with Crippen LogP contribution in [0.15, 0.2) is 0 Å². The second-order valence-electron chi connectivity index (χ2n) is 5.37. The minimum Gasteiger partial charge on any atom is -0.374 e. The van der Waals surface area contributed by atoms with Gasteiger partial charge in [-0.1, -0.05) is 13.8 Å². The fourth-order valence-corrected chi connectivity index (χ4v) is 2.73. The van der Waals surface area contributed by atoms with Gasteiger partial charge in [0.25, 0.3) is 5.60 Å². The van der Waals surface area contributed by atoms with Gasteiger partial charge in [0, 0.05) is 0 Å². The van der Waals surface area contributed by atoms with Gasteiger partial charge in [-0.25, -0.2) is 0 Å². The molecule has 0 saturated heterocycles. The van der Waals surface area contributed by atoms with Crippen molar-refractivity contribution in [3.05, 3.63) is 0 Å². The molecule has 3 atom stereocenters. The molecule has 0 bridgehead atoms. The first kappa shape index (κ1) is 15.6. The van der Waals surface area contributed by atoms with Crippen LogP contribution in [0.25, 0.3) is 0 Å². The van der Waals surface area contributed by atoms with E-state index in [-0.39, 0.29) is 18.3 Å². The lowest BCUT2D eigenvalue weighted by Gasteiger charge is -2.35. The summed E-state index contributed by atoms with van der Waals surface area (Å²) in [5.74, 6) is -0.903. The molecule has 0 amide bonds. The predicted octanol–water partition coefficient (Wildman–Crippen LogP) is 3.91. The van der Waals surface area contributed by atoms with Gasteiger partial charge in [-0.3, -0.25) is 0 Å². The predicted molar refractivity (Wildman–Crippen MR) is 52.7 cm³/mol. The minimum atomic E-state index is -5.70. The van der Waals surface area contributed by atoms with E-state index in [2.05, 4.69) is 0 Å². The van der Waals surface area contributed by atoms with Gasteiger partial charge in [0.2, 0.25) is 0 Å². The number of aliphatic hydroxyl groups is 1. The molecule has 1 N–H and O–H groups in total. The SMILES string of the molecule is CC1C[C@H](C)CC1CC(O)(C(F)(F)F)C(F)(F)F. The zero-order valence-electron chi connectivity index (χ0n) is 10.1. The van der Waals surface area contributed by atoms with Crippen molar-refractivity contribution in [2.45, 2.75) is 51.1 Å². The Hall–Kier alpha value is -0.460. The summed E-state index contributed by atoms with van der Waals surface area (Å²) in [4.78, 5) is 0. The summed E-state index contributed by atoms with van der Waals surface area (Å²) >= 11 is 0. The Balaban J connectivity index is 2.94. The Morgan fingerprint density at radius 1 is 0.944 bits per heavy atom. The van der Waals surface area contributed by atoms with Gasteiger partial charge in [0.1, 0.15) is 0 Å². The highest BCUT2D eigenvalue weighted by Gasteiger charge is 2.70. The molecule has 1 fully saturated rings.